The van der Waals surface area contributed by atoms with Crippen LogP contribution in [0, 0.1) is 0 Å². The van der Waals surface area contributed by atoms with E-state index < -0.39 is 0 Å². The molecule has 46 heavy (non-hydrogen) atoms. The average molecular weight is 605 g/mol. The van der Waals surface area contributed by atoms with Crippen LogP contribution in [0.4, 0.5) is 0 Å². The number of thiophene rings is 1. The van der Waals surface area contributed by atoms with Gasteiger partial charge in [-0.25, -0.2) is 0 Å². The highest BCUT2D eigenvalue weighted by molar-refractivity contribution is 7.21. The van der Waals surface area contributed by atoms with E-state index in [-0.39, 0.29) is 0 Å². The monoisotopic (exact) mass is 604 g/mol. The smallest absolute Gasteiger partial charge is 0.143 e. The maximum absolute atomic E-state index is 6.60. The van der Waals surface area contributed by atoms with Crippen molar-refractivity contribution in [3.63, 3.8) is 0 Å². The summed E-state index contributed by atoms with van der Waals surface area (Å²) >= 11 is 1.88. The Morgan fingerprint density at radius 3 is 1.70 bits per heavy atom. The molecule has 0 bridgehead atoms. The molecule has 2 heterocycles. The van der Waals surface area contributed by atoms with Gasteiger partial charge >= 0.3 is 0 Å². The van der Waals surface area contributed by atoms with E-state index in [4.69, 9.17) is 4.42 Å². The zero-order chi connectivity index (χ0) is 30.5. The fourth-order valence-corrected chi connectivity index (χ4v) is 8.15. The number of furan rings is 1. The maximum atomic E-state index is 6.60. The predicted octanol–water partition coefficient (Wildman–Crippen LogP) is 13.1. The van der Waals surface area contributed by atoms with Crippen molar-refractivity contribution in [2.24, 2.45) is 0 Å². The van der Waals surface area contributed by atoms with Gasteiger partial charge in [-0.3, -0.25) is 0 Å². The molecular formula is C44H28OS. The van der Waals surface area contributed by atoms with Crippen LogP contribution in [0.1, 0.15) is 0 Å². The Bertz CT molecular complexity index is 2520. The second kappa shape index (κ2) is 11.0. The molecule has 2 aromatic heterocycles. The van der Waals surface area contributed by atoms with Gasteiger partial charge in [-0.15, -0.1) is 11.3 Å². The van der Waals surface area contributed by atoms with Gasteiger partial charge in [0.15, 0.2) is 0 Å². The van der Waals surface area contributed by atoms with E-state index >= 15 is 0 Å². The summed E-state index contributed by atoms with van der Waals surface area (Å²) in [5.74, 6) is 0. The van der Waals surface area contributed by atoms with Crippen molar-refractivity contribution in [2.45, 2.75) is 0 Å². The largest absolute Gasteiger partial charge is 0.455 e. The van der Waals surface area contributed by atoms with Crippen LogP contribution in [0.3, 0.4) is 0 Å². The Morgan fingerprint density at radius 1 is 0.348 bits per heavy atom. The maximum Gasteiger partial charge on any atom is 0.143 e. The van der Waals surface area contributed by atoms with E-state index in [2.05, 4.69) is 164 Å². The molecule has 9 rings (SSSR count). The van der Waals surface area contributed by atoms with Gasteiger partial charge in [0.05, 0.1) is 0 Å². The van der Waals surface area contributed by atoms with E-state index in [9.17, 15) is 0 Å². The Kier molecular flexibility index (Phi) is 6.40. The van der Waals surface area contributed by atoms with Gasteiger partial charge in [0.25, 0.3) is 0 Å². The Labute approximate surface area is 271 Å². The summed E-state index contributed by atoms with van der Waals surface area (Å²) in [7, 11) is 0. The summed E-state index contributed by atoms with van der Waals surface area (Å²) in [6.45, 7) is 0. The van der Waals surface area contributed by atoms with E-state index in [1.54, 1.807) is 0 Å². The molecule has 0 unspecified atom stereocenters. The van der Waals surface area contributed by atoms with Crippen LogP contribution >= 0.6 is 11.3 Å². The molecule has 0 spiro atoms. The quantitative estimate of drug-likeness (QED) is 0.190. The van der Waals surface area contributed by atoms with Crippen molar-refractivity contribution in [2.75, 3.05) is 0 Å². The van der Waals surface area contributed by atoms with Gasteiger partial charge in [0, 0.05) is 42.4 Å². The van der Waals surface area contributed by atoms with Gasteiger partial charge in [0.1, 0.15) is 11.2 Å². The summed E-state index contributed by atoms with van der Waals surface area (Å²) in [5, 5.41) is 4.80. The van der Waals surface area contributed by atoms with E-state index in [1.807, 2.05) is 17.4 Å². The molecule has 0 fully saturated rings. The third-order valence-electron chi connectivity index (χ3n) is 8.92. The van der Waals surface area contributed by atoms with Crippen molar-refractivity contribution in [1.29, 1.82) is 0 Å². The van der Waals surface area contributed by atoms with Gasteiger partial charge in [-0.2, -0.15) is 0 Å². The first-order chi connectivity index (χ1) is 22.8. The summed E-state index contributed by atoms with van der Waals surface area (Å²) in [4.78, 5) is 2.54. The SMILES string of the molecule is c1ccc(-c2cccc(-c3sc(-c4c(-c5ccccc5)cccc4-c4cccc5c4oc4ccccc45)c4ccccc34)c2)cc1. The van der Waals surface area contributed by atoms with E-state index in [0.717, 1.165) is 27.5 Å². The normalized spacial score (nSPS) is 11.5. The zero-order valence-corrected chi connectivity index (χ0v) is 25.8. The first-order valence-corrected chi connectivity index (χ1v) is 16.4. The highest BCUT2D eigenvalue weighted by Gasteiger charge is 2.23. The standard InChI is InChI=1S/C44H28OS/c1-3-14-29(15-4-1)31-18-11-19-32(28-31)43-38-21-7-8-22-39(38)44(46-43)41-33(30-16-5-2-6-17-30)23-12-24-35(41)37-26-13-25-36-34-20-9-10-27-40(34)45-42(36)37/h1-28H. The fourth-order valence-electron chi connectivity index (χ4n) is 6.80. The third kappa shape index (κ3) is 4.38. The third-order valence-corrected chi connectivity index (χ3v) is 10.2. The van der Waals surface area contributed by atoms with Crippen LogP contribution in [0.15, 0.2) is 174 Å². The van der Waals surface area contributed by atoms with Crippen molar-refractivity contribution in [3.8, 4) is 54.3 Å². The summed E-state index contributed by atoms with van der Waals surface area (Å²) in [5.41, 5.74) is 11.4. The molecule has 0 amide bonds. The number of benzene rings is 7. The number of hydrogen-bond donors (Lipinski definition) is 0. The molecule has 0 N–H and O–H groups in total. The number of para-hydroxylation sites is 2. The molecule has 0 aliphatic heterocycles. The van der Waals surface area contributed by atoms with Gasteiger partial charge < -0.3 is 4.42 Å². The minimum atomic E-state index is 0.910. The predicted molar refractivity (Wildman–Crippen MR) is 196 cm³/mol. The molecule has 7 aromatic carbocycles. The number of rotatable bonds is 5. The van der Waals surface area contributed by atoms with E-state index in [0.29, 0.717) is 0 Å². The van der Waals surface area contributed by atoms with Crippen LogP contribution < -0.4 is 0 Å². The molecule has 9 aromatic rings. The van der Waals surface area contributed by atoms with Crippen LogP contribution in [-0.4, -0.2) is 0 Å². The summed E-state index contributed by atoms with van der Waals surface area (Å²) in [6.07, 6.45) is 0. The topological polar surface area (TPSA) is 13.1 Å². The van der Waals surface area contributed by atoms with Gasteiger partial charge in [0.2, 0.25) is 0 Å². The van der Waals surface area contributed by atoms with Crippen LogP contribution in [0.25, 0.3) is 87.0 Å². The molecule has 1 nitrogen and oxygen atoms in total. The Balaban J connectivity index is 1.34. The molecule has 0 aliphatic rings. The lowest BCUT2D eigenvalue weighted by Crippen LogP contribution is -1.90. The van der Waals surface area contributed by atoms with Crippen molar-refractivity contribution in [3.05, 3.63) is 170 Å². The number of fused-ring (bicyclic) bond motifs is 4. The first kappa shape index (κ1) is 26.7. The Morgan fingerprint density at radius 2 is 0.891 bits per heavy atom. The van der Waals surface area contributed by atoms with E-state index in [1.165, 1.54) is 59.5 Å². The van der Waals surface area contributed by atoms with Crippen molar-refractivity contribution < 1.29 is 4.42 Å². The molecule has 216 valence electrons. The van der Waals surface area contributed by atoms with Crippen molar-refractivity contribution >= 4 is 44.0 Å². The lowest BCUT2D eigenvalue weighted by atomic mass is 9.89. The first-order valence-electron chi connectivity index (χ1n) is 15.6. The van der Waals surface area contributed by atoms with Crippen LogP contribution in [0.2, 0.25) is 0 Å². The van der Waals surface area contributed by atoms with Gasteiger partial charge in [-0.05, 0) is 45.5 Å². The molecule has 0 aliphatic carbocycles. The zero-order valence-electron chi connectivity index (χ0n) is 25.0. The minimum absolute atomic E-state index is 0.910. The molecule has 0 atom stereocenters. The number of hydrogen-bond acceptors (Lipinski definition) is 2. The average Bonchev–Trinajstić information content (AvgIpc) is 3.71. The lowest BCUT2D eigenvalue weighted by molar-refractivity contribution is 0.670. The highest BCUT2D eigenvalue weighted by atomic mass is 32.1. The van der Waals surface area contributed by atoms with Crippen LogP contribution in [0.5, 0.6) is 0 Å². The minimum Gasteiger partial charge on any atom is -0.455 e. The molecule has 0 saturated heterocycles. The molecule has 0 saturated carbocycles. The van der Waals surface area contributed by atoms with Gasteiger partial charge in [-0.1, -0.05) is 158 Å². The lowest BCUT2D eigenvalue weighted by Gasteiger charge is -2.16. The second-order valence-corrected chi connectivity index (χ2v) is 12.6. The fraction of sp³-hybridized carbons (Fsp3) is 0. The second-order valence-electron chi connectivity index (χ2n) is 11.6. The van der Waals surface area contributed by atoms with Crippen LogP contribution in [-0.2, 0) is 0 Å². The summed E-state index contributed by atoms with van der Waals surface area (Å²) < 4.78 is 6.60. The molecule has 2 heteroatoms. The van der Waals surface area contributed by atoms with Crippen molar-refractivity contribution in [1.82, 2.24) is 0 Å². The Hall–Kier alpha value is -5.70. The molecule has 0 radical (unpaired) electrons. The highest BCUT2D eigenvalue weighted by Crippen LogP contribution is 2.51. The molecular weight excluding hydrogens is 577 g/mol. The summed E-state index contributed by atoms with van der Waals surface area (Å²) in [6, 6.07) is 60.8.